The summed E-state index contributed by atoms with van der Waals surface area (Å²) in [4.78, 5) is 14.6. The van der Waals surface area contributed by atoms with E-state index in [4.69, 9.17) is 21.1 Å². The van der Waals surface area contributed by atoms with E-state index in [0.29, 0.717) is 31.2 Å². The Balaban J connectivity index is 1.66. The number of benzene rings is 2. The van der Waals surface area contributed by atoms with Gasteiger partial charge in [0, 0.05) is 24.5 Å². The van der Waals surface area contributed by atoms with E-state index in [1.54, 1.807) is 0 Å². The third-order valence-corrected chi connectivity index (χ3v) is 5.02. The van der Waals surface area contributed by atoms with Gasteiger partial charge in [-0.15, -0.1) is 0 Å². The van der Waals surface area contributed by atoms with Crippen LogP contribution in [0.15, 0.2) is 36.4 Å². The van der Waals surface area contributed by atoms with Crippen LogP contribution in [0.4, 0.5) is 0 Å². The molecule has 2 aromatic rings. The van der Waals surface area contributed by atoms with E-state index >= 15 is 0 Å². The quantitative estimate of drug-likeness (QED) is 0.693. The molecule has 0 N–H and O–H groups in total. The molecule has 0 fully saturated rings. The van der Waals surface area contributed by atoms with Crippen molar-refractivity contribution in [3.8, 4) is 11.5 Å². The van der Waals surface area contributed by atoms with Crippen molar-refractivity contribution in [1.29, 1.82) is 0 Å². The third kappa shape index (κ3) is 4.95. The smallest absolute Gasteiger partial charge is 0.223 e. The molecule has 144 valence electrons. The number of aryl methyl sites for hydroxylation is 1. The maximum absolute atomic E-state index is 12.7. The van der Waals surface area contributed by atoms with E-state index in [-0.39, 0.29) is 5.91 Å². The molecule has 1 aliphatic heterocycles. The van der Waals surface area contributed by atoms with Crippen LogP contribution in [0.2, 0.25) is 5.02 Å². The Labute approximate surface area is 166 Å². The molecule has 0 aliphatic carbocycles. The van der Waals surface area contributed by atoms with E-state index < -0.39 is 0 Å². The number of rotatable bonds is 7. The standard InChI is InChI=1S/C22H26ClNO3/c1-3-26-20-13-17-11-12-24(15-18(17)14-21(20)27-4-2)22(25)10-7-16-5-8-19(23)9-6-16/h5-6,8-9,13-14H,3-4,7,10-12,15H2,1-2H3. The van der Waals surface area contributed by atoms with Crippen molar-refractivity contribution in [3.05, 3.63) is 58.1 Å². The van der Waals surface area contributed by atoms with Gasteiger partial charge in [-0.25, -0.2) is 0 Å². The van der Waals surface area contributed by atoms with Crippen LogP contribution in [-0.4, -0.2) is 30.6 Å². The lowest BCUT2D eigenvalue weighted by molar-refractivity contribution is -0.132. The minimum atomic E-state index is 0.183. The second kappa shape index (κ2) is 9.14. The zero-order valence-corrected chi connectivity index (χ0v) is 16.7. The number of fused-ring (bicyclic) bond motifs is 1. The Kier molecular flexibility index (Phi) is 6.62. The summed E-state index contributed by atoms with van der Waals surface area (Å²) in [7, 11) is 0. The monoisotopic (exact) mass is 387 g/mol. The molecule has 0 aromatic heterocycles. The van der Waals surface area contributed by atoms with Crippen molar-refractivity contribution in [1.82, 2.24) is 4.90 Å². The molecule has 1 aliphatic rings. The zero-order valence-electron chi connectivity index (χ0n) is 16.0. The molecule has 1 heterocycles. The van der Waals surface area contributed by atoms with Crippen LogP contribution in [0.5, 0.6) is 11.5 Å². The van der Waals surface area contributed by atoms with Gasteiger partial charge in [0.25, 0.3) is 0 Å². The average Bonchev–Trinajstić information content (AvgIpc) is 2.68. The lowest BCUT2D eigenvalue weighted by Gasteiger charge is -2.30. The van der Waals surface area contributed by atoms with Crippen LogP contribution in [0, 0.1) is 0 Å². The highest BCUT2D eigenvalue weighted by Crippen LogP contribution is 2.34. The van der Waals surface area contributed by atoms with E-state index in [2.05, 4.69) is 6.07 Å². The number of hydrogen-bond donors (Lipinski definition) is 0. The first-order valence-electron chi connectivity index (χ1n) is 9.54. The number of nitrogens with zero attached hydrogens (tertiary/aromatic N) is 1. The zero-order chi connectivity index (χ0) is 19.2. The van der Waals surface area contributed by atoms with Gasteiger partial charge in [-0.2, -0.15) is 0 Å². The van der Waals surface area contributed by atoms with Gasteiger partial charge in [0.2, 0.25) is 5.91 Å². The summed E-state index contributed by atoms with van der Waals surface area (Å²) in [5, 5.41) is 0.717. The Morgan fingerprint density at radius 1 is 1.04 bits per heavy atom. The number of halogens is 1. The van der Waals surface area contributed by atoms with Gasteiger partial charge in [0.15, 0.2) is 11.5 Å². The van der Waals surface area contributed by atoms with Crippen molar-refractivity contribution < 1.29 is 14.3 Å². The fourth-order valence-electron chi connectivity index (χ4n) is 3.37. The second-order valence-corrected chi connectivity index (χ2v) is 7.06. The Morgan fingerprint density at radius 3 is 2.30 bits per heavy atom. The van der Waals surface area contributed by atoms with Crippen molar-refractivity contribution in [2.45, 2.75) is 39.7 Å². The molecular weight excluding hydrogens is 362 g/mol. The first-order valence-corrected chi connectivity index (χ1v) is 9.92. The predicted molar refractivity (Wildman–Crippen MR) is 108 cm³/mol. The molecule has 0 unspecified atom stereocenters. The summed E-state index contributed by atoms with van der Waals surface area (Å²) >= 11 is 5.92. The largest absolute Gasteiger partial charge is 0.490 e. The van der Waals surface area contributed by atoms with Crippen LogP contribution >= 0.6 is 11.6 Å². The van der Waals surface area contributed by atoms with Gasteiger partial charge < -0.3 is 14.4 Å². The minimum Gasteiger partial charge on any atom is -0.490 e. The minimum absolute atomic E-state index is 0.183. The van der Waals surface area contributed by atoms with Gasteiger partial charge in [-0.05, 0) is 67.6 Å². The lowest BCUT2D eigenvalue weighted by Crippen LogP contribution is -2.36. The molecule has 0 saturated heterocycles. The van der Waals surface area contributed by atoms with E-state index in [0.717, 1.165) is 42.0 Å². The molecule has 0 radical (unpaired) electrons. The molecule has 27 heavy (non-hydrogen) atoms. The molecule has 2 aromatic carbocycles. The summed E-state index contributed by atoms with van der Waals surface area (Å²) < 4.78 is 11.4. The molecule has 0 saturated carbocycles. The number of carbonyl (C=O) groups is 1. The van der Waals surface area contributed by atoms with Crippen LogP contribution in [-0.2, 0) is 24.2 Å². The summed E-state index contributed by atoms with van der Waals surface area (Å²) in [5.41, 5.74) is 3.52. The fraction of sp³-hybridized carbons (Fsp3) is 0.409. The first-order chi connectivity index (χ1) is 13.1. The van der Waals surface area contributed by atoms with Crippen molar-refractivity contribution >= 4 is 17.5 Å². The van der Waals surface area contributed by atoms with Gasteiger partial charge in [0.1, 0.15) is 0 Å². The molecule has 0 spiro atoms. The van der Waals surface area contributed by atoms with Crippen molar-refractivity contribution in [2.75, 3.05) is 19.8 Å². The Hall–Kier alpha value is -2.20. The number of amides is 1. The van der Waals surface area contributed by atoms with Crippen LogP contribution < -0.4 is 9.47 Å². The molecular formula is C22H26ClNO3. The third-order valence-electron chi connectivity index (χ3n) is 4.77. The van der Waals surface area contributed by atoms with Crippen LogP contribution in [0.3, 0.4) is 0 Å². The van der Waals surface area contributed by atoms with Gasteiger partial charge >= 0.3 is 0 Å². The highest BCUT2D eigenvalue weighted by Gasteiger charge is 2.22. The molecule has 3 rings (SSSR count). The van der Waals surface area contributed by atoms with Crippen LogP contribution in [0.1, 0.15) is 37.0 Å². The highest BCUT2D eigenvalue weighted by molar-refractivity contribution is 6.30. The summed E-state index contributed by atoms with van der Waals surface area (Å²) in [6, 6.07) is 11.8. The maximum Gasteiger partial charge on any atom is 0.223 e. The first kappa shape index (κ1) is 19.6. The SMILES string of the molecule is CCOc1cc2c(cc1OCC)CN(C(=O)CCc1ccc(Cl)cc1)CC2. The topological polar surface area (TPSA) is 38.8 Å². The summed E-state index contributed by atoms with van der Waals surface area (Å²) in [5.74, 6) is 1.73. The molecule has 0 atom stereocenters. The van der Waals surface area contributed by atoms with E-state index in [1.807, 2.05) is 49.1 Å². The van der Waals surface area contributed by atoms with Gasteiger partial charge in [-0.1, -0.05) is 23.7 Å². The number of ether oxygens (including phenoxy) is 2. The summed E-state index contributed by atoms with van der Waals surface area (Å²) in [6.45, 7) is 6.49. The van der Waals surface area contributed by atoms with Crippen molar-refractivity contribution in [2.24, 2.45) is 0 Å². The number of hydrogen-bond acceptors (Lipinski definition) is 3. The maximum atomic E-state index is 12.7. The van der Waals surface area contributed by atoms with E-state index in [1.165, 1.54) is 5.56 Å². The van der Waals surface area contributed by atoms with E-state index in [9.17, 15) is 4.79 Å². The highest BCUT2D eigenvalue weighted by atomic mass is 35.5. The number of carbonyl (C=O) groups excluding carboxylic acids is 1. The normalized spacial score (nSPS) is 13.2. The molecule has 4 nitrogen and oxygen atoms in total. The predicted octanol–water partition coefficient (Wildman–Crippen LogP) is 4.65. The lowest BCUT2D eigenvalue weighted by atomic mass is 9.98. The molecule has 0 bridgehead atoms. The molecule has 5 heteroatoms. The van der Waals surface area contributed by atoms with Gasteiger partial charge in [-0.3, -0.25) is 4.79 Å². The molecule has 1 amide bonds. The Bertz CT molecular complexity index is 789. The Morgan fingerprint density at radius 2 is 1.67 bits per heavy atom. The fourth-order valence-corrected chi connectivity index (χ4v) is 3.50. The van der Waals surface area contributed by atoms with Crippen molar-refractivity contribution in [3.63, 3.8) is 0 Å². The van der Waals surface area contributed by atoms with Crippen LogP contribution in [0.25, 0.3) is 0 Å². The van der Waals surface area contributed by atoms with Gasteiger partial charge in [0.05, 0.1) is 13.2 Å². The summed E-state index contributed by atoms with van der Waals surface area (Å²) in [6.07, 6.45) is 2.08. The second-order valence-electron chi connectivity index (χ2n) is 6.63. The average molecular weight is 388 g/mol.